The molecule has 0 saturated heterocycles. The Hall–Kier alpha value is -1.46. The summed E-state index contributed by atoms with van der Waals surface area (Å²) in [6.45, 7) is 16.1. The number of carboxylic acids is 2. The lowest BCUT2D eigenvalue weighted by Gasteiger charge is -2.18. The minimum atomic E-state index is -2.27. The summed E-state index contributed by atoms with van der Waals surface area (Å²) in [6, 6.07) is 0. The SMILES string of the molecule is CC(O)COC(C)COC(C)CO.CCCOCC(C)OCC(C)OCC(C)O.O=C(O)C(O)C(O)C(=O)O. The summed E-state index contributed by atoms with van der Waals surface area (Å²) in [4.78, 5) is 19.5. The standard InChI is InChI=1S/C12H26O4.C9H20O4.C4H6O6/c1-5-6-14-8-11(3)16-9-12(4)15-7-10(2)13;1-7(11)5-12-9(3)6-13-8(2)4-10;5-1(3(7)8)2(6)4(9)10/h10-13H,5-9H2,1-4H3;7-11H,4-6H2,1-3H3;1-2,5-6H,(H,7,8)(H,9,10). The van der Waals surface area contributed by atoms with E-state index in [4.69, 9.17) is 59.4 Å². The van der Waals surface area contributed by atoms with E-state index in [1.54, 1.807) is 20.8 Å². The van der Waals surface area contributed by atoms with Crippen molar-refractivity contribution in [2.24, 2.45) is 0 Å². The number of hydrogen-bond donors (Lipinski definition) is 7. The van der Waals surface area contributed by atoms with E-state index in [9.17, 15) is 9.59 Å². The molecule has 7 N–H and O–H groups in total. The van der Waals surface area contributed by atoms with Gasteiger partial charge in [-0.15, -0.1) is 0 Å². The zero-order chi connectivity index (χ0) is 31.0. The molecule has 39 heavy (non-hydrogen) atoms. The van der Waals surface area contributed by atoms with Crippen molar-refractivity contribution in [2.75, 3.05) is 46.2 Å². The van der Waals surface area contributed by atoms with Crippen LogP contribution in [0.4, 0.5) is 0 Å². The second-order valence-electron chi connectivity index (χ2n) is 9.10. The van der Waals surface area contributed by atoms with Gasteiger partial charge in [0, 0.05) is 6.61 Å². The number of ether oxygens (including phenoxy) is 5. The van der Waals surface area contributed by atoms with Crippen LogP contribution in [-0.4, -0.2) is 143 Å². The third-order valence-electron chi connectivity index (χ3n) is 4.24. The predicted molar refractivity (Wildman–Crippen MR) is 140 cm³/mol. The van der Waals surface area contributed by atoms with E-state index >= 15 is 0 Å². The zero-order valence-electron chi connectivity index (χ0n) is 24.3. The molecule has 0 amide bonds. The molecule has 14 nitrogen and oxygen atoms in total. The minimum absolute atomic E-state index is 0.00299. The first-order chi connectivity index (χ1) is 18.1. The molecule has 0 aromatic heterocycles. The van der Waals surface area contributed by atoms with Gasteiger partial charge in [-0.1, -0.05) is 6.92 Å². The summed E-state index contributed by atoms with van der Waals surface area (Å²) in [5, 5.41) is 59.1. The van der Waals surface area contributed by atoms with E-state index < -0.39 is 36.4 Å². The first-order valence-electron chi connectivity index (χ1n) is 12.9. The number of carbonyl (C=O) groups is 2. The highest BCUT2D eigenvalue weighted by atomic mass is 16.6. The second kappa shape index (κ2) is 26.7. The number of aliphatic hydroxyl groups is 5. The quantitative estimate of drug-likeness (QED) is 0.0921. The summed E-state index contributed by atoms with van der Waals surface area (Å²) < 4.78 is 26.8. The van der Waals surface area contributed by atoms with Gasteiger partial charge in [0.15, 0.2) is 12.2 Å². The third kappa shape index (κ3) is 30.9. The Morgan fingerprint density at radius 3 is 1.23 bits per heavy atom. The van der Waals surface area contributed by atoms with Gasteiger partial charge in [0.1, 0.15) is 0 Å². The first-order valence-corrected chi connectivity index (χ1v) is 12.9. The predicted octanol–water partition coefficient (Wildman–Crippen LogP) is -0.349. The zero-order valence-corrected chi connectivity index (χ0v) is 24.3. The van der Waals surface area contributed by atoms with Gasteiger partial charge in [0.2, 0.25) is 0 Å². The molecule has 0 aromatic rings. The highest BCUT2D eigenvalue weighted by molar-refractivity contribution is 5.83. The normalized spacial score (nSPS) is 17.1. The van der Waals surface area contributed by atoms with Crippen molar-refractivity contribution in [1.82, 2.24) is 0 Å². The fourth-order valence-corrected chi connectivity index (χ4v) is 2.07. The van der Waals surface area contributed by atoms with E-state index in [2.05, 4.69) is 6.92 Å². The molecule has 0 heterocycles. The topological polar surface area (TPSA) is 222 Å². The molecule has 0 aromatic carbocycles. The summed E-state index contributed by atoms with van der Waals surface area (Å²) in [6.07, 6.45) is -4.49. The largest absolute Gasteiger partial charge is 0.479 e. The molecule has 0 aliphatic rings. The van der Waals surface area contributed by atoms with E-state index in [1.165, 1.54) is 0 Å². The smallest absolute Gasteiger partial charge is 0.335 e. The molecule has 8 atom stereocenters. The molecule has 0 fully saturated rings. The van der Waals surface area contributed by atoms with Crippen LogP contribution in [0.1, 0.15) is 54.9 Å². The average Bonchev–Trinajstić information content (AvgIpc) is 2.87. The van der Waals surface area contributed by atoms with Crippen molar-refractivity contribution in [3.05, 3.63) is 0 Å². The molecule has 14 heteroatoms. The van der Waals surface area contributed by atoms with Crippen molar-refractivity contribution in [3.63, 3.8) is 0 Å². The second-order valence-corrected chi connectivity index (χ2v) is 9.10. The van der Waals surface area contributed by atoms with Crippen molar-refractivity contribution < 1.29 is 69.0 Å². The molecule has 0 spiro atoms. The fraction of sp³-hybridized carbons (Fsp3) is 0.920. The van der Waals surface area contributed by atoms with E-state index in [0.29, 0.717) is 33.0 Å². The van der Waals surface area contributed by atoms with Gasteiger partial charge in [-0.25, -0.2) is 9.59 Å². The maximum atomic E-state index is 9.77. The lowest BCUT2D eigenvalue weighted by Crippen LogP contribution is -2.39. The fourth-order valence-electron chi connectivity index (χ4n) is 2.07. The van der Waals surface area contributed by atoms with Gasteiger partial charge in [-0.2, -0.15) is 0 Å². The molecule has 0 bridgehead atoms. The van der Waals surface area contributed by atoms with Crippen LogP contribution in [0.3, 0.4) is 0 Å². The van der Waals surface area contributed by atoms with Crippen LogP contribution in [-0.2, 0) is 33.3 Å². The number of hydrogen-bond acceptors (Lipinski definition) is 12. The van der Waals surface area contributed by atoms with Gasteiger partial charge in [-0.3, -0.25) is 0 Å². The Kier molecular flexibility index (Phi) is 28.8. The summed E-state index contributed by atoms with van der Waals surface area (Å²) in [5.74, 6) is -3.54. The van der Waals surface area contributed by atoms with Crippen molar-refractivity contribution >= 4 is 11.9 Å². The van der Waals surface area contributed by atoms with Gasteiger partial charge in [0.25, 0.3) is 0 Å². The van der Waals surface area contributed by atoms with Crippen LogP contribution in [0.2, 0.25) is 0 Å². The lowest BCUT2D eigenvalue weighted by atomic mass is 10.2. The van der Waals surface area contributed by atoms with Crippen LogP contribution in [0.25, 0.3) is 0 Å². The van der Waals surface area contributed by atoms with Crippen molar-refractivity contribution in [1.29, 1.82) is 0 Å². The van der Waals surface area contributed by atoms with E-state index in [-0.39, 0.29) is 31.0 Å². The van der Waals surface area contributed by atoms with Crippen LogP contribution < -0.4 is 0 Å². The summed E-state index contributed by atoms with van der Waals surface area (Å²) in [7, 11) is 0. The van der Waals surface area contributed by atoms with Crippen LogP contribution in [0.15, 0.2) is 0 Å². The number of rotatable bonds is 20. The van der Waals surface area contributed by atoms with Gasteiger partial charge in [-0.05, 0) is 48.0 Å². The molecular formula is C25H52O14. The number of aliphatic carboxylic acids is 2. The first kappa shape index (κ1) is 42.0. The Morgan fingerprint density at radius 2 is 0.923 bits per heavy atom. The third-order valence-corrected chi connectivity index (χ3v) is 4.24. The monoisotopic (exact) mass is 576 g/mol. The summed E-state index contributed by atoms with van der Waals surface area (Å²) >= 11 is 0. The molecule has 0 rings (SSSR count). The van der Waals surface area contributed by atoms with E-state index in [0.717, 1.165) is 13.0 Å². The molecule has 0 radical (unpaired) electrons. The highest BCUT2D eigenvalue weighted by Gasteiger charge is 2.29. The Labute approximate surface area is 231 Å². The Bertz CT molecular complexity index is 557. The van der Waals surface area contributed by atoms with Crippen LogP contribution in [0, 0.1) is 0 Å². The van der Waals surface area contributed by atoms with Gasteiger partial charge in [0.05, 0.1) is 76.3 Å². The molecular weight excluding hydrogens is 524 g/mol. The van der Waals surface area contributed by atoms with Crippen molar-refractivity contribution in [3.8, 4) is 0 Å². The molecule has 0 saturated carbocycles. The van der Waals surface area contributed by atoms with Crippen LogP contribution >= 0.6 is 0 Å². The number of aliphatic hydroxyl groups excluding tert-OH is 5. The molecule has 236 valence electrons. The maximum absolute atomic E-state index is 9.77. The molecule has 8 unspecified atom stereocenters. The van der Waals surface area contributed by atoms with Gasteiger partial charge >= 0.3 is 11.9 Å². The number of carboxylic acid groups (broad SMARTS) is 2. The minimum Gasteiger partial charge on any atom is -0.479 e. The average molecular weight is 577 g/mol. The molecule has 0 aliphatic heterocycles. The Balaban J connectivity index is -0.000000513. The Morgan fingerprint density at radius 1 is 0.590 bits per heavy atom. The highest BCUT2D eigenvalue weighted by Crippen LogP contribution is 1.99. The lowest BCUT2D eigenvalue weighted by molar-refractivity contribution is -0.165. The van der Waals surface area contributed by atoms with E-state index in [1.807, 2.05) is 20.8 Å². The van der Waals surface area contributed by atoms with Crippen LogP contribution in [0.5, 0.6) is 0 Å². The molecule has 0 aliphatic carbocycles. The maximum Gasteiger partial charge on any atom is 0.335 e. The summed E-state index contributed by atoms with van der Waals surface area (Å²) in [5.41, 5.74) is 0. The van der Waals surface area contributed by atoms with Gasteiger partial charge < -0.3 is 59.4 Å². The van der Waals surface area contributed by atoms with Crippen molar-refractivity contribution in [2.45, 2.75) is 104 Å².